The van der Waals surface area contributed by atoms with Gasteiger partial charge in [0.1, 0.15) is 11.5 Å². The standard InChI is InChI=1S/C24H22FN5OS.C3H8/c1-4-19(21-15-28-30(22(21)5-2)18-8-6-17(25)7-9-18)24(31)27-14-16-10-12-26-23-20(16)11-13-29(23)32-3;1-3-2/h4-13,15H,2,14H2,1,3H3,(H,27,31);3H2,1-2H3/b19-4+;. The van der Waals surface area contributed by atoms with Gasteiger partial charge >= 0.3 is 0 Å². The molecule has 4 rings (SSSR count). The van der Waals surface area contributed by atoms with Crippen LogP contribution in [-0.2, 0) is 11.3 Å². The normalized spacial score (nSPS) is 11.2. The molecule has 0 saturated heterocycles. The fourth-order valence-electron chi connectivity index (χ4n) is 3.60. The lowest BCUT2D eigenvalue weighted by Crippen LogP contribution is -2.24. The number of aromatic nitrogens is 4. The van der Waals surface area contributed by atoms with Crippen LogP contribution >= 0.6 is 11.9 Å². The lowest BCUT2D eigenvalue weighted by molar-refractivity contribution is -0.115. The number of benzene rings is 1. The minimum atomic E-state index is -0.326. The fourth-order valence-corrected chi connectivity index (χ4v) is 4.10. The van der Waals surface area contributed by atoms with Crippen LogP contribution in [0.5, 0.6) is 0 Å². The van der Waals surface area contributed by atoms with Gasteiger partial charge in [0.25, 0.3) is 5.91 Å². The van der Waals surface area contributed by atoms with E-state index in [9.17, 15) is 9.18 Å². The van der Waals surface area contributed by atoms with Gasteiger partial charge in [-0.1, -0.05) is 32.9 Å². The van der Waals surface area contributed by atoms with E-state index in [2.05, 4.69) is 35.8 Å². The van der Waals surface area contributed by atoms with Crippen LogP contribution in [0.3, 0.4) is 0 Å². The molecule has 1 aromatic carbocycles. The van der Waals surface area contributed by atoms with Gasteiger partial charge in [-0.05, 0) is 66.9 Å². The molecule has 1 N–H and O–H groups in total. The summed E-state index contributed by atoms with van der Waals surface area (Å²) in [6.45, 7) is 10.3. The van der Waals surface area contributed by atoms with Crippen molar-refractivity contribution >= 4 is 40.5 Å². The summed E-state index contributed by atoms with van der Waals surface area (Å²) >= 11 is 1.57. The van der Waals surface area contributed by atoms with Gasteiger partial charge < -0.3 is 5.32 Å². The van der Waals surface area contributed by atoms with Crippen LogP contribution in [0.2, 0.25) is 0 Å². The predicted octanol–water partition coefficient (Wildman–Crippen LogP) is 6.27. The number of nitrogens with one attached hydrogen (secondary N) is 1. The molecule has 35 heavy (non-hydrogen) atoms. The zero-order valence-electron chi connectivity index (χ0n) is 20.5. The molecule has 1 amide bonds. The van der Waals surface area contributed by atoms with Gasteiger partial charge in [0.15, 0.2) is 0 Å². The molecule has 182 valence electrons. The van der Waals surface area contributed by atoms with Crippen LogP contribution in [0.1, 0.15) is 44.0 Å². The van der Waals surface area contributed by atoms with Crippen molar-refractivity contribution < 1.29 is 9.18 Å². The van der Waals surface area contributed by atoms with Gasteiger partial charge in [-0.2, -0.15) is 5.10 Å². The Balaban J connectivity index is 0.00000108. The zero-order chi connectivity index (χ0) is 25.4. The maximum atomic E-state index is 13.3. The zero-order valence-corrected chi connectivity index (χ0v) is 21.3. The van der Waals surface area contributed by atoms with Gasteiger partial charge in [0, 0.05) is 41.7 Å². The number of fused-ring (bicyclic) bond motifs is 1. The number of carbonyl (C=O) groups excluding carboxylic acids is 1. The van der Waals surface area contributed by atoms with Crippen LogP contribution < -0.4 is 5.32 Å². The van der Waals surface area contributed by atoms with Crippen LogP contribution in [-0.4, -0.2) is 30.9 Å². The van der Waals surface area contributed by atoms with Crippen LogP contribution in [0, 0.1) is 5.82 Å². The van der Waals surface area contributed by atoms with Crippen LogP contribution in [0.15, 0.2) is 67.6 Å². The minimum absolute atomic E-state index is 0.219. The Morgan fingerprint density at radius 2 is 1.91 bits per heavy atom. The van der Waals surface area contributed by atoms with E-state index < -0.39 is 0 Å². The summed E-state index contributed by atoms with van der Waals surface area (Å²) in [5, 5.41) is 8.40. The van der Waals surface area contributed by atoms with Crippen molar-refractivity contribution in [1.82, 2.24) is 24.1 Å². The van der Waals surface area contributed by atoms with Crippen LogP contribution in [0.4, 0.5) is 4.39 Å². The second-order valence-corrected chi connectivity index (χ2v) is 8.42. The van der Waals surface area contributed by atoms with Gasteiger partial charge in [-0.25, -0.2) is 14.1 Å². The molecule has 0 atom stereocenters. The molecule has 3 aromatic heterocycles. The van der Waals surface area contributed by atoms with Crippen molar-refractivity contribution in [3.63, 3.8) is 0 Å². The third-order valence-corrected chi connectivity index (χ3v) is 5.86. The van der Waals surface area contributed by atoms with Crippen molar-refractivity contribution in [3.05, 3.63) is 90.3 Å². The fraction of sp³-hybridized carbons (Fsp3) is 0.222. The molecule has 4 aromatic rings. The molecule has 0 aliphatic rings. The summed E-state index contributed by atoms with van der Waals surface area (Å²) in [5.41, 5.74) is 4.32. The highest BCUT2D eigenvalue weighted by Gasteiger charge is 2.19. The highest BCUT2D eigenvalue weighted by Crippen LogP contribution is 2.25. The molecule has 0 saturated carbocycles. The molecule has 0 radical (unpaired) electrons. The Kier molecular flexibility index (Phi) is 9.03. The van der Waals surface area contributed by atoms with E-state index in [1.165, 1.54) is 18.6 Å². The average Bonchev–Trinajstić information content (AvgIpc) is 3.48. The quantitative estimate of drug-likeness (QED) is 0.310. The van der Waals surface area contributed by atoms with Crippen molar-refractivity contribution in [1.29, 1.82) is 0 Å². The van der Waals surface area contributed by atoms with Crippen molar-refractivity contribution in [2.45, 2.75) is 33.7 Å². The Morgan fingerprint density at radius 3 is 2.54 bits per heavy atom. The first kappa shape index (κ1) is 26.0. The molecule has 0 bridgehead atoms. The Morgan fingerprint density at radius 1 is 1.20 bits per heavy atom. The molecule has 0 unspecified atom stereocenters. The maximum absolute atomic E-state index is 13.3. The number of nitrogens with zero attached hydrogens (tertiary/aromatic N) is 4. The lowest BCUT2D eigenvalue weighted by Gasteiger charge is -2.11. The Hall–Kier alpha value is -3.65. The summed E-state index contributed by atoms with van der Waals surface area (Å²) in [7, 11) is 0. The second kappa shape index (κ2) is 12.2. The topological polar surface area (TPSA) is 64.7 Å². The third-order valence-electron chi connectivity index (χ3n) is 5.18. The summed E-state index contributed by atoms with van der Waals surface area (Å²) in [4.78, 5) is 17.5. The van der Waals surface area contributed by atoms with E-state index in [1.807, 2.05) is 28.6 Å². The van der Waals surface area contributed by atoms with Crippen LogP contribution in [0.25, 0.3) is 28.4 Å². The maximum Gasteiger partial charge on any atom is 0.251 e. The number of amides is 1. The molecular formula is C27H30FN5OS. The van der Waals surface area contributed by atoms with Gasteiger partial charge in [0.05, 0.1) is 17.6 Å². The van der Waals surface area contributed by atoms with E-state index in [4.69, 9.17) is 0 Å². The van der Waals surface area contributed by atoms with E-state index >= 15 is 0 Å². The van der Waals surface area contributed by atoms with E-state index in [-0.39, 0.29) is 11.7 Å². The monoisotopic (exact) mass is 491 g/mol. The number of hydrogen-bond donors (Lipinski definition) is 1. The highest BCUT2D eigenvalue weighted by atomic mass is 32.2. The molecule has 0 aliphatic carbocycles. The van der Waals surface area contributed by atoms with Gasteiger partial charge in [0.2, 0.25) is 0 Å². The van der Waals surface area contributed by atoms with E-state index in [1.54, 1.807) is 60.2 Å². The van der Waals surface area contributed by atoms with Crippen molar-refractivity contribution in [2.75, 3.05) is 6.26 Å². The SMILES string of the molecule is C=Cc1c(/C(=C\C)C(=O)NCc2ccnc3c2ccn3SC)cnn1-c1ccc(F)cc1.CCC. The lowest BCUT2D eigenvalue weighted by atomic mass is 10.0. The van der Waals surface area contributed by atoms with E-state index in [0.29, 0.717) is 29.1 Å². The minimum Gasteiger partial charge on any atom is -0.348 e. The van der Waals surface area contributed by atoms with Gasteiger partial charge in [-0.3, -0.25) is 8.77 Å². The first-order valence-electron chi connectivity index (χ1n) is 11.4. The average molecular weight is 492 g/mol. The molecule has 0 aliphatic heterocycles. The molecule has 0 spiro atoms. The number of halogens is 1. The van der Waals surface area contributed by atoms with Gasteiger partial charge in [-0.15, -0.1) is 0 Å². The smallest absolute Gasteiger partial charge is 0.251 e. The summed E-state index contributed by atoms with van der Waals surface area (Å²) in [6, 6.07) is 9.90. The summed E-state index contributed by atoms with van der Waals surface area (Å²) in [5.74, 6) is -0.545. The molecule has 0 fully saturated rings. The Labute approximate surface area is 209 Å². The summed E-state index contributed by atoms with van der Waals surface area (Å²) in [6.07, 6.45) is 12.0. The molecule has 8 heteroatoms. The molecule has 6 nitrogen and oxygen atoms in total. The first-order chi connectivity index (χ1) is 17.0. The van der Waals surface area contributed by atoms with E-state index in [0.717, 1.165) is 16.6 Å². The number of allylic oxidation sites excluding steroid dienone is 1. The predicted molar refractivity (Wildman–Crippen MR) is 144 cm³/mol. The number of carbonyl (C=O) groups is 1. The second-order valence-electron chi connectivity index (χ2n) is 7.66. The Bertz CT molecular complexity index is 1340. The summed E-state index contributed by atoms with van der Waals surface area (Å²) < 4.78 is 16.9. The number of pyridine rings is 1. The van der Waals surface area contributed by atoms with Crippen molar-refractivity contribution in [2.24, 2.45) is 0 Å². The molecule has 3 heterocycles. The largest absolute Gasteiger partial charge is 0.348 e. The molecular weight excluding hydrogens is 461 g/mol. The highest BCUT2D eigenvalue weighted by molar-refractivity contribution is 7.97. The number of hydrogen-bond acceptors (Lipinski definition) is 4. The van der Waals surface area contributed by atoms with Crippen molar-refractivity contribution in [3.8, 4) is 5.69 Å². The third kappa shape index (κ3) is 5.71. The number of rotatable bonds is 7. The first-order valence-corrected chi connectivity index (χ1v) is 12.6.